The third kappa shape index (κ3) is 3.93. The molecule has 6 nitrogen and oxygen atoms in total. The lowest BCUT2D eigenvalue weighted by atomic mass is 10.1. The molecule has 0 heterocycles. The van der Waals surface area contributed by atoms with Crippen LogP contribution in [0.1, 0.15) is 5.56 Å². The van der Waals surface area contributed by atoms with Gasteiger partial charge in [0, 0.05) is 24.0 Å². The van der Waals surface area contributed by atoms with E-state index >= 15 is 0 Å². The molecule has 0 spiro atoms. The van der Waals surface area contributed by atoms with E-state index < -0.39 is 0 Å². The Labute approximate surface area is 123 Å². The number of ether oxygens (including phenoxy) is 1. The quantitative estimate of drug-likeness (QED) is 0.513. The van der Waals surface area contributed by atoms with Crippen LogP contribution < -0.4 is 27.3 Å². The Balaban J connectivity index is 2.10. The van der Waals surface area contributed by atoms with Gasteiger partial charge in [-0.25, -0.2) is 0 Å². The molecule has 112 valence electrons. The predicted molar refractivity (Wildman–Crippen MR) is 86.0 cm³/mol. The van der Waals surface area contributed by atoms with Crippen LogP contribution in [0, 0.1) is 0 Å². The van der Waals surface area contributed by atoms with Crippen molar-refractivity contribution >= 4 is 22.7 Å². The lowest BCUT2D eigenvalue weighted by molar-refractivity contribution is 0.201. The number of aliphatic hydroxyl groups excluding tert-OH is 1. The van der Waals surface area contributed by atoms with Crippen molar-refractivity contribution < 1.29 is 9.84 Å². The van der Waals surface area contributed by atoms with Gasteiger partial charge in [0.05, 0.1) is 18.0 Å². The third-order valence-electron chi connectivity index (χ3n) is 3.02. The second-order valence-corrected chi connectivity index (χ2v) is 4.63. The highest BCUT2D eigenvalue weighted by Crippen LogP contribution is 2.26. The Morgan fingerprint density at radius 2 is 1.76 bits per heavy atom. The van der Waals surface area contributed by atoms with Gasteiger partial charge in [0.1, 0.15) is 12.4 Å². The Morgan fingerprint density at radius 1 is 1.00 bits per heavy atom. The molecule has 8 N–H and O–H groups in total. The fourth-order valence-electron chi connectivity index (χ4n) is 1.91. The molecule has 21 heavy (non-hydrogen) atoms. The fraction of sp³-hybridized carbons (Fsp3) is 0.200. The van der Waals surface area contributed by atoms with Gasteiger partial charge in [0.2, 0.25) is 0 Å². The number of rotatable bonds is 6. The zero-order valence-electron chi connectivity index (χ0n) is 11.7. The van der Waals surface area contributed by atoms with Gasteiger partial charge in [-0.1, -0.05) is 0 Å². The first-order valence-electron chi connectivity index (χ1n) is 6.61. The Hall–Kier alpha value is -2.60. The molecule has 0 amide bonds. The molecule has 2 aromatic rings. The van der Waals surface area contributed by atoms with Gasteiger partial charge in [-0.2, -0.15) is 0 Å². The van der Waals surface area contributed by atoms with Crippen LogP contribution in [0.15, 0.2) is 36.4 Å². The molecule has 0 atom stereocenters. The van der Waals surface area contributed by atoms with E-state index in [0.717, 1.165) is 11.3 Å². The molecule has 0 fully saturated rings. The molecular weight excluding hydrogens is 268 g/mol. The average Bonchev–Trinajstić information content (AvgIpc) is 2.48. The highest BCUT2D eigenvalue weighted by molar-refractivity contribution is 5.69. The first kappa shape index (κ1) is 14.8. The second-order valence-electron chi connectivity index (χ2n) is 4.63. The number of aliphatic hydroxyl groups is 1. The second kappa shape index (κ2) is 6.71. The molecule has 0 radical (unpaired) electrons. The van der Waals surface area contributed by atoms with E-state index in [-0.39, 0.29) is 13.2 Å². The summed E-state index contributed by atoms with van der Waals surface area (Å²) in [5, 5.41) is 12.0. The lowest BCUT2D eigenvalue weighted by Crippen LogP contribution is -2.07. The summed E-state index contributed by atoms with van der Waals surface area (Å²) in [5.41, 5.74) is 21.2. The first-order valence-corrected chi connectivity index (χ1v) is 6.61. The van der Waals surface area contributed by atoms with E-state index in [4.69, 9.17) is 27.0 Å². The van der Waals surface area contributed by atoms with Gasteiger partial charge in [0.15, 0.2) is 0 Å². The highest BCUT2D eigenvalue weighted by Gasteiger charge is 2.04. The number of nitrogens with two attached hydrogens (primary N) is 3. The Morgan fingerprint density at radius 3 is 2.52 bits per heavy atom. The molecular formula is C15H20N4O2. The first-order chi connectivity index (χ1) is 10.1. The van der Waals surface area contributed by atoms with Crippen molar-refractivity contribution in [3.63, 3.8) is 0 Å². The minimum absolute atomic E-state index is 0.0348. The highest BCUT2D eigenvalue weighted by atomic mass is 16.5. The summed E-state index contributed by atoms with van der Waals surface area (Å²) in [7, 11) is 0. The van der Waals surface area contributed by atoms with Crippen LogP contribution in [0.2, 0.25) is 0 Å². The van der Waals surface area contributed by atoms with E-state index in [0.29, 0.717) is 29.4 Å². The predicted octanol–water partition coefficient (Wildman–Crippen LogP) is 1.42. The summed E-state index contributed by atoms with van der Waals surface area (Å²) in [6.07, 6.45) is 0. The maximum Gasteiger partial charge on any atom is 0.121 e. The van der Waals surface area contributed by atoms with E-state index in [9.17, 15) is 0 Å². The molecule has 2 rings (SSSR count). The van der Waals surface area contributed by atoms with E-state index in [2.05, 4.69) is 5.32 Å². The van der Waals surface area contributed by atoms with Crippen LogP contribution in [0.25, 0.3) is 0 Å². The molecule has 0 saturated carbocycles. The van der Waals surface area contributed by atoms with Crippen LogP contribution in [0.4, 0.5) is 22.7 Å². The normalized spacial score (nSPS) is 10.3. The van der Waals surface area contributed by atoms with Gasteiger partial charge in [-0.05, 0) is 35.9 Å². The van der Waals surface area contributed by atoms with E-state index in [1.807, 2.05) is 6.07 Å². The zero-order valence-corrected chi connectivity index (χ0v) is 11.7. The molecule has 6 heteroatoms. The Bertz CT molecular complexity index is 617. The number of nitrogen functional groups attached to an aromatic ring is 3. The van der Waals surface area contributed by atoms with Crippen molar-refractivity contribution in [2.24, 2.45) is 0 Å². The van der Waals surface area contributed by atoms with Crippen molar-refractivity contribution in [3.05, 3.63) is 42.0 Å². The zero-order chi connectivity index (χ0) is 15.2. The number of anilines is 4. The van der Waals surface area contributed by atoms with E-state index in [1.165, 1.54) is 0 Å². The monoisotopic (exact) mass is 288 g/mol. The van der Waals surface area contributed by atoms with E-state index in [1.54, 1.807) is 30.3 Å². The summed E-state index contributed by atoms with van der Waals surface area (Å²) < 4.78 is 5.36. The summed E-state index contributed by atoms with van der Waals surface area (Å²) >= 11 is 0. The van der Waals surface area contributed by atoms with Crippen LogP contribution >= 0.6 is 0 Å². The standard InChI is InChI=1S/C15H20N4O2/c16-11-1-3-13(17)10(7-11)9-19-15-8-12(21-6-5-20)2-4-14(15)18/h1-4,7-8,19-20H,5-6,9,16-18H2. The smallest absolute Gasteiger partial charge is 0.121 e. The van der Waals surface area contributed by atoms with Gasteiger partial charge < -0.3 is 32.4 Å². The molecule has 0 aliphatic carbocycles. The summed E-state index contributed by atoms with van der Waals surface area (Å²) in [5.74, 6) is 0.640. The molecule has 0 saturated heterocycles. The summed E-state index contributed by atoms with van der Waals surface area (Å²) in [6.45, 7) is 0.711. The molecule has 0 aliphatic rings. The minimum Gasteiger partial charge on any atom is -0.491 e. The number of hydrogen-bond donors (Lipinski definition) is 5. The van der Waals surface area contributed by atoms with Gasteiger partial charge in [0.25, 0.3) is 0 Å². The van der Waals surface area contributed by atoms with Crippen molar-refractivity contribution in [1.29, 1.82) is 0 Å². The van der Waals surface area contributed by atoms with Crippen LogP contribution in [0.3, 0.4) is 0 Å². The number of benzene rings is 2. The number of hydrogen-bond acceptors (Lipinski definition) is 6. The van der Waals surface area contributed by atoms with Crippen LogP contribution in [-0.2, 0) is 6.54 Å². The van der Waals surface area contributed by atoms with Crippen molar-refractivity contribution in [1.82, 2.24) is 0 Å². The molecule has 2 aromatic carbocycles. The SMILES string of the molecule is Nc1ccc(N)c(CNc2cc(OCCO)ccc2N)c1. The summed E-state index contributed by atoms with van der Waals surface area (Å²) in [4.78, 5) is 0. The van der Waals surface area contributed by atoms with Gasteiger partial charge >= 0.3 is 0 Å². The van der Waals surface area contributed by atoms with Crippen molar-refractivity contribution in [3.8, 4) is 5.75 Å². The fourth-order valence-corrected chi connectivity index (χ4v) is 1.91. The van der Waals surface area contributed by atoms with Crippen LogP contribution in [0.5, 0.6) is 5.75 Å². The molecule has 0 aromatic heterocycles. The van der Waals surface area contributed by atoms with Gasteiger partial charge in [-0.3, -0.25) is 0 Å². The summed E-state index contributed by atoms with van der Waals surface area (Å²) in [6, 6.07) is 10.6. The Kier molecular flexibility index (Phi) is 4.73. The molecule has 0 aliphatic heterocycles. The maximum absolute atomic E-state index is 8.77. The topological polar surface area (TPSA) is 120 Å². The average molecular weight is 288 g/mol. The van der Waals surface area contributed by atoms with Crippen molar-refractivity contribution in [2.45, 2.75) is 6.54 Å². The molecule has 0 bridgehead atoms. The third-order valence-corrected chi connectivity index (χ3v) is 3.02. The van der Waals surface area contributed by atoms with Crippen LogP contribution in [-0.4, -0.2) is 18.3 Å². The lowest BCUT2D eigenvalue weighted by Gasteiger charge is -2.13. The maximum atomic E-state index is 8.77. The van der Waals surface area contributed by atoms with Crippen molar-refractivity contribution in [2.75, 3.05) is 35.7 Å². The number of nitrogens with one attached hydrogen (secondary N) is 1. The molecule has 0 unspecified atom stereocenters. The minimum atomic E-state index is -0.0348. The van der Waals surface area contributed by atoms with Gasteiger partial charge in [-0.15, -0.1) is 0 Å². The largest absolute Gasteiger partial charge is 0.491 e.